The van der Waals surface area contributed by atoms with E-state index in [1.165, 1.54) is 43.2 Å². The third kappa shape index (κ3) is 4.14. The summed E-state index contributed by atoms with van der Waals surface area (Å²) in [6, 6.07) is 18.9. The summed E-state index contributed by atoms with van der Waals surface area (Å²) in [7, 11) is 0. The first-order valence-corrected chi connectivity index (χ1v) is 8.63. The molecule has 0 aromatic heterocycles. The Bertz CT molecular complexity index is 692. The van der Waals surface area contributed by atoms with Gasteiger partial charge in [-0.25, -0.2) is 0 Å². The molecule has 0 atom stereocenters. The van der Waals surface area contributed by atoms with Crippen LogP contribution >= 0.6 is 0 Å². The van der Waals surface area contributed by atoms with Gasteiger partial charge >= 0.3 is 0 Å². The lowest BCUT2D eigenvalue weighted by atomic mass is 9.76. The molecule has 1 fully saturated rings. The molecule has 0 spiro atoms. The van der Waals surface area contributed by atoms with E-state index >= 15 is 0 Å². The van der Waals surface area contributed by atoms with E-state index in [0.717, 1.165) is 11.5 Å². The predicted octanol–water partition coefficient (Wildman–Crippen LogP) is 5.94. The second-order valence-electron chi connectivity index (χ2n) is 6.45. The van der Waals surface area contributed by atoms with Crippen LogP contribution in [0.2, 0.25) is 0 Å². The van der Waals surface area contributed by atoms with Gasteiger partial charge in [-0.1, -0.05) is 54.3 Å². The lowest BCUT2D eigenvalue weighted by Gasteiger charge is -2.28. The zero-order chi connectivity index (χ0) is 15.9. The van der Waals surface area contributed by atoms with Crippen molar-refractivity contribution in [2.75, 3.05) is 0 Å². The van der Waals surface area contributed by atoms with Gasteiger partial charge in [0.15, 0.2) is 0 Å². The van der Waals surface area contributed by atoms with Crippen LogP contribution in [0.1, 0.15) is 54.7 Å². The molecule has 0 unspecified atom stereocenters. The Morgan fingerprint density at radius 2 is 1.57 bits per heavy atom. The Hall–Kier alpha value is -2.26. The van der Waals surface area contributed by atoms with Crippen LogP contribution < -0.4 is 0 Å². The fourth-order valence-corrected chi connectivity index (χ4v) is 3.57. The maximum atomic E-state index is 3.88. The third-order valence-corrected chi connectivity index (χ3v) is 4.86. The van der Waals surface area contributed by atoms with Crippen LogP contribution in [-0.2, 0) is 0 Å². The van der Waals surface area contributed by atoms with Crippen LogP contribution in [0.3, 0.4) is 0 Å². The zero-order valence-electron chi connectivity index (χ0n) is 13.7. The molecule has 0 nitrogen and oxygen atoms in total. The summed E-state index contributed by atoms with van der Waals surface area (Å²) in [5.74, 6) is 8.21. The van der Waals surface area contributed by atoms with Crippen molar-refractivity contribution in [3.8, 4) is 11.8 Å². The lowest BCUT2D eigenvalue weighted by Crippen LogP contribution is -2.13. The van der Waals surface area contributed by atoms with Crippen LogP contribution in [0.5, 0.6) is 0 Å². The number of hydrogen-bond acceptors (Lipinski definition) is 0. The Balaban J connectivity index is 1.77. The van der Waals surface area contributed by atoms with E-state index in [1.807, 2.05) is 18.2 Å². The average molecular weight is 300 g/mol. The normalized spacial score (nSPS) is 20.3. The molecule has 116 valence electrons. The third-order valence-electron chi connectivity index (χ3n) is 4.86. The van der Waals surface area contributed by atoms with Crippen LogP contribution in [-0.4, -0.2) is 0 Å². The number of benzene rings is 2. The first-order chi connectivity index (χ1) is 11.4. The molecule has 0 N–H and O–H groups in total. The Kier molecular flexibility index (Phi) is 5.33. The molecule has 0 saturated heterocycles. The number of allylic oxidation sites excluding steroid dienone is 1. The van der Waals surface area contributed by atoms with Gasteiger partial charge in [-0.15, -0.1) is 6.58 Å². The summed E-state index contributed by atoms with van der Waals surface area (Å²) in [6.45, 7) is 3.88. The van der Waals surface area contributed by atoms with E-state index in [0.29, 0.717) is 5.92 Å². The second kappa shape index (κ2) is 7.84. The number of hydrogen-bond donors (Lipinski definition) is 0. The van der Waals surface area contributed by atoms with Crippen LogP contribution in [0, 0.1) is 17.8 Å². The maximum absolute atomic E-state index is 3.88. The van der Waals surface area contributed by atoms with E-state index in [1.54, 1.807) is 0 Å². The quantitative estimate of drug-likeness (QED) is 0.486. The summed E-state index contributed by atoms with van der Waals surface area (Å²) < 4.78 is 0. The summed E-state index contributed by atoms with van der Waals surface area (Å²) in [5, 5.41) is 0. The van der Waals surface area contributed by atoms with Crippen molar-refractivity contribution in [3.63, 3.8) is 0 Å². The van der Waals surface area contributed by atoms with Gasteiger partial charge in [0.1, 0.15) is 0 Å². The largest absolute Gasteiger partial charge is 0.103 e. The van der Waals surface area contributed by atoms with E-state index in [2.05, 4.69) is 60.9 Å². The van der Waals surface area contributed by atoms with E-state index in [9.17, 15) is 0 Å². The molecule has 23 heavy (non-hydrogen) atoms. The minimum atomic E-state index is 0.664. The fraction of sp³-hybridized carbons (Fsp3) is 0.304. The molecule has 0 amide bonds. The summed E-state index contributed by atoms with van der Waals surface area (Å²) in [5.41, 5.74) is 3.72. The van der Waals surface area contributed by atoms with Gasteiger partial charge in [0, 0.05) is 11.1 Å². The van der Waals surface area contributed by atoms with Crippen molar-refractivity contribution >= 4 is 0 Å². The Morgan fingerprint density at radius 3 is 2.30 bits per heavy atom. The number of rotatable bonds is 3. The Morgan fingerprint density at radius 1 is 0.870 bits per heavy atom. The highest BCUT2D eigenvalue weighted by atomic mass is 14.3. The van der Waals surface area contributed by atoms with E-state index in [4.69, 9.17) is 0 Å². The summed E-state index contributed by atoms with van der Waals surface area (Å²) in [6.07, 6.45) is 8.44. The molecule has 0 heteroatoms. The topological polar surface area (TPSA) is 0 Å². The molecule has 2 aromatic rings. The van der Waals surface area contributed by atoms with Crippen molar-refractivity contribution in [3.05, 3.63) is 83.9 Å². The van der Waals surface area contributed by atoms with Gasteiger partial charge in [-0.2, -0.15) is 0 Å². The zero-order valence-corrected chi connectivity index (χ0v) is 13.7. The first-order valence-electron chi connectivity index (χ1n) is 8.63. The van der Waals surface area contributed by atoms with Crippen molar-refractivity contribution < 1.29 is 0 Å². The smallest absolute Gasteiger partial charge is 0.0283 e. The van der Waals surface area contributed by atoms with Gasteiger partial charge in [0.05, 0.1) is 0 Å². The highest BCUT2D eigenvalue weighted by Crippen LogP contribution is 2.38. The van der Waals surface area contributed by atoms with Gasteiger partial charge in [-0.05, 0) is 67.7 Å². The molecule has 1 aliphatic carbocycles. The van der Waals surface area contributed by atoms with Crippen molar-refractivity contribution in [2.24, 2.45) is 5.92 Å². The predicted molar refractivity (Wildman–Crippen MR) is 98.4 cm³/mol. The molecular formula is C23H24. The van der Waals surface area contributed by atoms with Crippen molar-refractivity contribution in [1.82, 2.24) is 0 Å². The average Bonchev–Trinajstić information content (AvgIpc) is 2.62. The molecular weight excluding hydrogens is 276 g/mol. The second-order valence-corrected chi connectivity index (χ2v) is 6.45. The van der Waals surface area contributed by atoms with E-state index in [-0.39, 0.29) is 0 Å². The maximum Gasteiger partial charge on any atom is 0.0283 e. The van der Waals surface area contributed by atoms with Gasteiger partial charge in [-0.3, -0.25) is 0 Å². The van der Waals surface area contributed by atoms with Crippen LogP contribution in [0.15, 0.2) is 67.3 Å². The minimum Gasteiger partial charge on any atom is -0.103 e. The molecule has 0 bridgehead atoms. The first kappa shape index (κ1) is 15.6. The minimum absolute atomic E-state index is 0.664. The lowest BCUT2D eigenvalue weighted by molar-refractivity contribution is 0.328. The van der Waals surface area contributed by atoms with Crippen LogP contribution in [0.25, 0.3) is 0 Å². The van der Waals surface area contributed by atoms with E-state index < -0.39 is 0 Å². The Labute approximate surface area is 140 Å². The summed E-state index contributed by atoms with van der Waals surface area (Å²) in [4.78, 5) is 0. The summed E-state index contributed by atoms with van der Waals surface area (Å²) >= 11 is 0. The molecule has 0 aliphatic heterocycles. The highest BCUT2D eigenvalue weighted by molar-refractivity contribution is 5.47. The van der Waals surface area contributed by atoms with Gasteiger partial charge in [0.2, 0.25) is 0 Å². The molecule has 0 heterocycles. The highest BCUT2D eigenvalue weighted by Gasteiger charge is 2.22. The molecule has 1 saturated carbocycles. The molecule has 0 radical (unpaired) electrons. The monoisotopic (exact) mass is 300 g/mol. The van der Waals surface area contributed by atoms with Gasteiger partial charge in [0.25, 0.3) is 0 Å². The van der Waals surface area contributed by atoms with Crippen molar-refractivity contribution in [1.29, 1.82) is 0 Å². The standard InChI is InChI=1S/C23H24/c1-2-8-19-13-17-22(18-14-19)23-12-7-6-11-21(23)16-15-20-9-4-3-5-10-20/h2-7,9-12,19,22H,1,8,13-14,17-18H2/t19-,22-. The SMILES string of the molecule is C=CC[C@H]1CC[C@H](c2ccccc2C#Cc2ccccc2)CC1. The fourth-order valence-electron chi connectivity index (χ4n) is 3.57. The van der Waals surface area contributed by atoms with Crippen LogP contribution in [0.4, 0.5) is 0 Å². The molecule has 2 aromatic carbocycles. The van der Waals surface area contributed by atoms with Gasteiger partial charge < -0.3 is 0 Å². The molecule has 1 aliphatic rings. The van der Waals surface area contributed by atoms with Crippen molar-refractivity contribution in [2.45, 2.75) is 38.0 Å². The molecule has 3 rings (SSSR count).